The van der Waals surface area contributed by atoms with E-state index >= 15 is 0 Å². The van der Waals surface area contributed by atoms with E-state index in [1.54, 1.807) is 24.3 Å². The summed E-state index contributed by atoms with van der Waals surface area (Å²) in [6.45, 7) is -0.350. The van der Waals surface area contributed by atoms with Crippen molar-refractivity contribution < 1.29 is 23.4 Å². The van der Waals surface area contributed by atoms with Crippen LogP contribution in [0.15, 0.2) is 42.5 Å². The van der Waals surface area contributed by atoms with E-state index in [1.807, 2.05) is 0 Å². The third-order valence-corrected chi connectivity index (χ3v) is 2.72. The van der Waals surface area contributed by atoms with Crippen molar-refractivity contribution in [2.24, 2.45) is 0 Å². The summed E-state index contributed by atoms with van der Waals surface area (Å²) in [5.41, 5.74) is 0.778. The topological polar surface area (TPSA) is 46.5 Å². The van der Waals surface area contributed by atoms with Crippen LogP contribution >= 0.6 is 0 Å². The highest BCUT2D eigenvalue weighted by Gasteiger charge is 2.10. The van der Waals surface area contributed by atoms with Crippen molar-refractivity contribution in [3.05, 3.63) is 65.2 Å². The molecule has 1 N–H and O–H groups in total. The van der Waals surface area contributed by atoms with E-state index in [1.165, 1.54) is 6.07 Å². The van der Waals surface area contributed by atoms with Gasteiger partial charge in [-0.2, -0.15) is 0 Å². The summed E-state index contributed by atoms with van der Waals surface area (Å²) < 4.78 is 31.0. The predicted octanol–water partition coefficient (Wildman–Crippen LogP) is 2.72. The Morgan fingerprint density at radius 1 is 1.05 bits per heavy atom. The Hall–Kier alpha value is -2.27. The van der Waals surface area contributed by atoms with E-state index in [9.17, 15) is 13.6 Å². The Morgan fingerprint density at radius 3 is 2.35 bits per heavy atom. The molecule has 0 fully saturated rings. The van der Waals surface area contributed by atoms with Crippen LogP contribution in [0.3, 0.4) is 0 Å². The molecule has 0 unspecified atom stereocenters. The van der Waals surface area contributed by atoms with Crippen LogP contribution in [0.1, 0.15) is 15.9 Å². The fourth-order valence-corrected chi connectivity index (χ4v) is 1.59. The standard InChI is InChI=1S/C15H12F2O3/c16-13-6-3-11(7-14(13)17)15(19)9-20-12-4-1-10(8-18)2-5-12/h1-7,18H,8-9H2. The molecule has 2 rings (SSSR count). The fraction of sp³-hybridized carbons (Fsp3) is 0.133. The van der Waals surface area contributed by atoms with Gasteiger partial charge in [0.2, 0.25) is 0 Å². The minimum atomic E-state index is -1.07. The van der Waals surface area contributed by atoms with Gasteiger partial charge in [-0.3, -0.25) is 4.79 Å². The number of Topliss-reactive ketones (excluding diaryl/α,β-unsaturated/α-hetero) is 1. The molecule has 0 aliphatic carbocycles. The van der Waals surface area contributed by atoms with Crippen molar-refractivity contribution in [1.29, 1.82) is 0 Å². The average Bonchev–Trinajstić information content (AvgIpc) is 2.48. The Morgan fingerprint density at radius 2 is 1.75 bits per heavy atom. The monoisotopic (exact) mass is 278 g/mol. The van der Waals surface area contributed by atoms with Gasteiger partial charge in [0.05, 0.1) is 6.61 Å². The zero-order valence-electron chi connectivity index (χ0n) is 10.5. The fourth-order valence-electron chi connectivity index (χ4n) is 1.59. The number of hydrogen-bond acceptors (Lipinski definition) is 3. The summed E-state index contributed by atoms with van der Waals surface area (Å²) in [6, 6.07) is 9.51. The van der Waals surface area contributed by atoms with Crippen molar-refractivity contribution >= 4 is 5.78 Å². The lowest BCUT2D eigenvalue weighted by atomic mass is 10.1. The third-order valence-electron chi connectivity index (χ3n) is 2.72. The summed E-state index contributed by atoms with van der Waals surface area (Å²) >= 11 is 0. The molecular weight excluding hydrogens is 266 g/mol. The number of halogens is 2. The summed E-state index contributed by atoms with van der Waals surface area (Å²) in [7, 11) is 0. The maximum Gasteiger partial charge on any atom is 0.200 e. The van der Waals surface area contributed by atoms with E-state index in [0.717, 1.165) is 17.7 Å². The molecule has 0 saturated heterocycles. The van der Waals surface area contributed by atoms with Gasteiger partial charge in [0.15, 0.2) is 24.0 Å². The van der Waals surface area contributed by atoms with Crippen LogP contribution in [0.4, 0.5) is 8.78 Å². The molecule has 0 aliphatic heterocycles. The zero-order valence-corrected chi connectivity index (χ0v) is 10.5. The van der Waals surface area contributed by atoms with Gasteiger partial charge in [0.1, 0.15) is 5.75 Å². The van der Waals surface area contributed by atoms with Crippen molar-refractivity contribution in [3.8, 4) is 5.75 Å². The minimum absolute atomic E-state index is 0.0517. The number of aliphatic hydroxyl groups is 1. The molecule has 0 amide bonds. The van der Waals surface area contributed by atoms with Crippen LogP contribution in [0, 0.1) is 11.6 Å². The Labute approximate surface area is 114 Å². The van der Waals surface area contributed by atoms with Crippen LogP contribution in [0.2, 0.25) is 0 Å². The molecule has 0 heterocycles. The Balaban J connectivity index is 1.98. The summed E-state index contributed by atoms with van der Waals surface area (Å²) in [4.78, 5) is 11.8. The van der Waals surface area contributed by atoms with E-state index in [-0.39, 0.29) is 18.8 Å². The molecule has 2 aromatic rings. The Kier molecular flexibility index (Phi) is 4.42. The lowest BCUT2D eigenvalue weighted by molar-refractivity contribution is 0.0921. The second-order valence-electron chi connectivity index (χ2n) is 4.14. The number of benzene rings is 2. The maximum atomic E-state index is 13.0. The van der Waals surface area contributed by atoms with Gasteiger partial charge in [0, 0.05) is 5.56 Å². The summed E-state index contributed by atoms with van der Waals surface area (Å²) in [6.07, 6.45) is 0. The highest BCUT2D eigenvalue weighted by atomic mass is 19.2. The summed E-state index contributed by atoms with van der Waals surface area (Å²) in [5.74, 6) is -2.06. The Bertz CT molecular complexity index is 609. The lowest BCUT2D eigenvalue weighted by Gasteiger charge is -2.06. The first-order valence-corrected chi connectivity index (χ1v) is 5.91. The van der Waals surface area contributed by atoms with Gasteiger partial charge in [0.25, 0.3) is 0 Å². The SMILES string of the molecule is O=C(COc1ccc(CO)cc1)c1ccc(F)c(F)c1. The lowest BCUT2D eigenvalue weighted by Crippen LogP contribution is -2.12. The molecule has 3 nitrogen and oxygen atoms in total. The van der Waals surface area contributed by atoms with E-state index in [2.05, 4.69) is 0 Å². The van der Waals surface area contributed by atoms with Crippen LogP contribution < -0.4 is 4.74 Å². The molecular formula is C15H12F2O3. The number of aliphatic hydroxyl groups excluding tert-OH is 1. The quantitative estimate of drug-likeness (QED) is 0.855. The first-order valence-electron chi connectivity index (χ1n) is 5.91. The molecule has 5 heteroatoms. The third kappa shape index (κ3) is 3.39. The first-order chi connectivity index (χ1) is 9.60. The van der Waals surface area contributed by atoms with Gasteiger partial charge in [-0.25, -0.2) is 8.78 Å². The van der Waals surface area contributed by atoms with Gasteiger partial charge in [-0.1, -0.05) is 12.1 Å². The van der Waals surface area contributed by atoms with Gasteiger partial charge in [-0.05, 0) is 35.9 Å². The summed E-state index contributed by atoms with van der Waals surface area (Å²) in [5, 5.41) is 8.88. The highest BCUT2D eigenvalue weighted by molar-refractivity contribution is 5.97. The van der Waals surface area contributed by atoms with E-state index < -0.39 is 17.4 Å². The smallest absolute Gasteiger partial charge is 0.200 e. The van der Waals surface area contributed by atoms with Crippen molar-refractivity contribution in [2.75, 3.05) is 6.61 Å². The molecule has 20 heavy (non-hydrogen) atoms. The second-order valence-corrected chi connectivity index (χ2v) is 4.14. The number of carbonyl (C=O) groups is 1. The number of carbonyl (C=O) groups excluding carboxylic acids is 1. The highest BCUT2D eigenvalue weighted by Crippen LogP contribution is 2.14. The normalized spacial score (nSPS) is 10.3. The number of ketones is 1. The molecule has 0 atom stereocenters. The van der Waals surface area contributed by atoms with Crippen LogP contribution in [0.25, 0.3) is 0 Å². The molecule has 0 radical (unpaired) electrons. The molecule has 2 aromatic carbocycles. The van der Waals surface area contributed by atoms with Crippen LogP contribution in [0.5, 0.6) is 5.75 Å². The van der Waals surface area contributed by atoms with Gasteiger partial charge < -0.3 is 9.84 Å². The first kappa shape index (κ1) is 14.1. The largest absolute Gasteiger partial charge is 0.485 e. The van der Waals surface area contributed by atoms with E-state index in [4.69, 9.17) is 9.84 Å². The van der Waals surface area contributed by atoms with Crippen molar-refractivity contribution in [3.63, 3.8) is 0 Å². The second kappa shape index (κ2) is 6.25. The number of hydrogen-bond donors (Lipinski definition) is 1. The molecule has 0 spiro atoms. The van der Waals surface area contributed by atoms with Crippen LogP contribution in [-0.2, 0) is 6.61 Å². The van der Waals surface area contributed by atoms with E-state index in [0.29, 0.717) is 5.75 Å². The average molecular weight is 278 g/mol. The van der Waals surface area contributed by atoms with Crippen molar-refractivity contribution in [2.45, 2.75) is 6.61 Å². The zero-order chi connectivity index (χ0) is 14.5. The predicted molar refractivity (Wildman–Crippen MR) is 68.5 cm³/mol. The molecule has 0 aliphatic rings. The molecule has 104 valence electrons. The van der Waals surface area contributed by atoms with Crippen LogP contribution in [-0.4, -0.2) is 17.5 Å². The molecule has 0 saturated carbocycles. The van der Waals surface area contributed by atoms with Gasteiger partial charge in [-0.15, -0.1) is 0 Å². The maximum absolute atomic E-state index is 13.0. The van der Waals surface area contributed by atoms with Gasteiger partial charge >= 0.3 is 0 Å². The minimum Gasteiger partial charge on any atom is -0.485 e. The molecule has 0 bridgehead atoms. The van der Waals surface area contributed by atoms with Crippen molar-refractivity contribution in [1.82, 2.24) is 0 Å². The number of rotatable bonds is 5. The number of ether oxygens (including phenoxy) is 1. The molecule has 0 aromatic heterocycles.